The fourth-order valence-corrected chi connectivity index (χ4v) is 4.55. The van der Waals surface area contributed by atoms with Crippen molar-refractivity contribution in [3.63, 3.8) is 0 Å². The highest BCUT2D eigenvalue weighted by Crippen LogP contribution is 2.34. The van der Waals surface area contributed by atoms with E-state index >= 15 is 0 Å². The van der Waals surface area contributed by atoms with E-state index in [0.29, 0.717) is 26.1 Å². The molecule has 1 aliphatic rings. The van der Waals surface area contributed by atoms with Crippen LogP contribution in [0.15, 0.2) is 0 Å². The van der Waals surface area contributed by atoms with Crippen molar-refractivity contribution in [2.24, 2.45) is 0 Å². The summed E-state index contributed by atoms with van der Waals surface area (Å²) in [7, 11) is 0. The van der Waals surface area contributed by atoms with Gasteiger partial charge in [0.15, 0.2) is 5.11 Å². The summed E-state index contributed by atoms with van der Waals surface area (Å²) in [5.74, 6) is -0.910. The van der Waals surface area contributed by atoms with Crippen LogP contribution in [0.4, 0.5) is 5.00 Å². The van der Waals surface area contributed by atoms with Crippen LogP contribution in [0, 0.1) is 6.92 Å². The van der Waals surface area contributed by atoms with Gasteiger partial charge in [0.1, 0.15) is 9.88 Å². The number of hydrogen-bond acceptors (Lipinski definition) is 7. The number of carbonyl (C=O) groups is 2. The average molecular weight is 428 g/mol. The van der Waals surface area contributed by atoms with Crippen molar-refractivity contribution in [3.05, 3.63) is 16.0 Å². The summed E-state index contributed by atoms with van der Waals surface area (Å²) >= 11 is 6.75. The van der Waals surface area contributed by atoms with Gasteiger partial charge in [-0.3, -0.25) is 4.90 Å². The third-order valence-electron chi connectivity index (χ3n) is 4.51. The molecule has 7 nitrogen and oxygen atoms in total. The third kappa shape index (κ3) is 5.42. The van der Waals surface area contributed by atoms with Gasteiger partial charge in [-0.25, -0.2) is 9.59 Å². The van der Waals surface area contributed by atoms with Crippen molar-refractivity contribution in [3.8, 4) is 0 Å². The molecule has 0 amide bonds. The zero-order valence-electron chi connectivity index (χ0n) is 17.0. The second-order valence-electron chi connectivity index (χ2n) is 6.46. The number of nitrogens with one attached hydrogen (secondary N) is 1. The molecule has 0 bridgehead atoms. The van der Waals surface area contributed by atoms with E-state index in [0.717, 1.165) is 39.1 Å². The van der Waals surface area contributed by atoms with E-state index in [1.54, 1.807) is 20.8 Å². The Morgan fingerprint density at radius 1 is 1.07 bits per heavy atom. The summed E-state index contributed by atoms with van der Waals surface area (Å²) in [6, 6.07) is 0. The number of ether oxygens (including phenoxy) is 2. The number of thiocarbonyl (C=S) groups is 1. The molecule has 28 heavy (non-hydrogen) atoms. The molecule has 0 aromatic carbocycles. The summed E-state index contributed by atoms with van der Waals surface area (Å²) in [5, 5.41) is 4.26. The highest BCUT2D eigenvalue weighted by molar-refractivity contribution is 7.80. The van der Waals surface area contributed by atoms with Gasteiger partial charge >= 0.3 is 11.9 Å². The van der Waals surface area contributed by atoms with E-state index < -0.39 is 11.9 Å². The lowest BCUT2D eigenvalue weighted by molar-refractivity contribution is 0.0527. The second-order valence-corrected chi connectivity index (χ2v) is 7.87. The number of piperazine rings is 1. The van der Waals surface area contributed by atoms with Crippen LogP contribution in [0.25, 0.3) is 0 Å². The van der Waals surface area contributed by atoms with Gasteiger partial charge in [-0.15, -0.1) is 11.3 Å². The molecule has 9 heteroatoms. The Bertz CT molecular complexity index is 712. The smallest absolute Gasteiger partial charge is 0.348 e. The summed E-state index contributed by atoms with van der Waals surface area (Å²) in [6.07, 6.45) is 1.14. The highest BCUT2D eigenvalue weighted by Gasteiger charge is 2.28. The Kier molecular flexibility index (Phi) is 8.65. The van der Waals surface area contributed by atoms with Crippen molar-refractivity contribution < 1.29 is 19.1 Å². The molecule has 156 valence electrons. The molecular formula is C19H29N3O4S2. The van der Waals surface area contributed by atoms with Gasteiger partial charge < -0.3 is 19.7 Å². The van der Waals surface area contributed by atoms with E-state index in [-0.39, 0.29) is 13.2 Å². The first kappa shape index (κ1) is 22.6. The third-order valence-corrected chi connectivity index (χ3v) is 6.05. The lowest BCUT2D eigenvalue weighted by Crippen LogP contribution is -2.50. The van der Waals surface area contributed by atoms with E-state index in [9.17, 15) is 9.59 Å². The van der Waals surface area contributed by atoms with Crippen LogP contribution < -0.4 is 5.32 Å². The van der Waals surface area contributed by atoms with Crippen LogP contribution in [0.1, 0.15) is 52.8 Å². The predicted molar refractivity (Wildman–Crippen MR) is 115 cm³/mol. The number of nitrogens with zero attached hydrogens (tertiary/aromatic N) is 2. The number of hydrogen-bond donors (Lipinski definition) is 1. The van der Waals surface area contributed by atoms with Crippen LogP contribution in [0.3, 0.4) is 0 Å². The minimum atomic E-state index is -0.468. The SMILES string of the molecule is CCCN1CCN(C(=S)Nc2sc(C(=O)OCC)c(C)c2C(=O)OCC)CC1. The lowest BCUT2D eigenvalue weighted by atomic mass is 10.1. The molecule has 1 aromatic heterocycles. The van der Waals surface area contributed by atoms with Crippen LogP contribution >= 0.6 is 23.6 Å². The average Bonchev–Trinajstić information content (AvgIpc) is 2.99. The van der Waals surface area contributed by atoms with Gasteiger partial charge in [-0.2, -0.15) is 0 Å². The fourth-order valence-electron chi connectivity index (χ4n) is 3.11. The van der Waals surface area contributed by atoms with Crippen molar-refractivity contribution in [2.45, 2.75) is 34.1 Å². The molecule has 1 fully saturated rings. The van der Waals surface area contributed by atoms with Crippen molar-refractivity contribution >= 4 is 45.6 Å². The molecule has 1 saturated heterocycles. The molecule has 0 unspecified atom stereocenters. The number of rotatable bonds is 7. The Morgan fingerprint density at radius 2 is 1.68 bits per heavy atom. The van der Waals surface area contributed by atoms with Crippen molar-refractivity contribution in [1.29, 1.82) is 0 Å². The largest absolute Gasteiger partial charge is 0.462 e. The maximum Gasteiger partial charge on any atom is 0.348 e. The van der Waals surface area contributed by atoms with Crippen molar-refractivity contribution in [2.75, 3.05) is 51.3 Å². The molecular weight excluding hydrogens is 398 g/mol. The van der Waals surface area contributed by atoms with Gasteiger partial charge in [-0.05, 0) is 51.5 Å². The molecule has 0 spiro atoms. The second kappa shape index (κ2) is 10.7. The molecule has 2 rings (SSSR count). The molecule has 0 aliphatic carbocycles. The van der Waals surface area contributed by atoms with Crippen LogP contribution in [-0.2, 0) is 9.47 Å². The van der Waals surface area contributed by atoms with Crippen molar-refractivity contribution in [1.82, 2.24) is 9.80 Å². The summed E-state index contributed by atoms with van der Waals surface area (Å²) < 4.78 is 10.3. The van der Waals surface area contributed by atoms with Gasteiger partial charge in [-0.1, -0.05) is 6.92 Å². The maximum atomic E-state index is 12.5. The monoisotopic (exact) mass is 427 g/mol. The first-order chi connectivity index (χ1) is 13.4. The van der Waals surface area contributed by atoms with Gasteiger partial charge in [0.2, 0.25) is 0 Å². The molecule has 1 N–H and O–H groups in total. The minimum Gasteiger partial charge on any atom is -0.462 e. The summed E-state index contributed by atoms with van der Waals surface area (Å²) in [6.45, 7) is 12.6. The highest BCUT2D eigenvalue weighted by atomic mass is 32.1. The fraction of sp³-hybridized carbons (Fsp3) is 0.632. The van der Waals surface area contributed by atoms with Crippen LogP contribution in [0.5, 0.6) is 0 Å². The van der Waals surface area contributed by atoms with Crippen LogP contribution in [-0.4, -0.2) is 72.8 Å². The van der Waals surface area contributed by atoms with Gasteiger partial charge in [0, 0.05) is 26.2 Å². The lowest BCUT2D eigenvalue weighted by Gasteiger charge is -2.36. The first-order valence-corrected chi connectivity index (χ1v) is 10.9. The Labute approximate surface area is 176 Å². The van der Waals surface area contributed by atoms with Crippen LogP contribution in [0.2, 0.25) is 0 Å². The molecule has 0 atom stereocenters. The normalized spacial score (nSPS) is 14.6. The molecule has 0 saturated carbocycles. The standard InChI is InChI=1S/C19H29N3O4S2/c1-5-8-21-9-11-22(12-10-21)19(27)20-16-14(17(23)25-6-2)13(4)15(28-16)18(24)26-7-3/h5-12H2,1-4H3,(H,20,27). The maximum absolute atomic E-state index is 12.5. The molecule has 2 heterocycles. The Hall–Kier alpha value is -1.71. The number of anilines is 1. The van der Waals surface area contributed by atoms with E-state index in [1.807, 2.05) is 0 Å². The Morgan fingerprint density at radius 3 is 2.25 bits per heavy atom. The minimum absolute atomic E-state index is 0.256. The number of carbonyl (C=O) groups excluding carboxylic acids is 2. The quantitative estimate of drug-likeness (QED) is 0.526. The summed E-state index contributed by atoms with van der Waals surface area (Å²) in [5.41, 5.74) is 0.904. The number of esters is 2. The first-order valence-electron chi connectivity index (χ1n) is 9.68. The van der Waals surface area contributed by atoms with E-state index in [1.165, 1.54) is 11.3 Å². The topological polar surface area (TPSA) is 71.1 Å². The zero-order chi connectivity index (χ0) is 20.7. The van der Waals surface area contributed by atoms with E-state index in [2.05, 4.69) is 22.0 Å². The summed E-state index contributed by atoms with van der Waals surface area (Å²) in [4.78, 5) is 29.6. The number of thiophene rings is 1. The van der Waals surface area contributed by atoms with Gasteiger partial charge in [0.25, 0.3) is 0 Å². The zero-order valence-corrected chi connectivity index (χ0v) is 18.6. The predicted octanol–water partition coefficient (Wildman–Crippen LogP) is 3.13. The molecule has 0 radical (unpaired) electrons. The van der Waals surface area contributed by atoms with E-state index in [4.69, 9.17) is 21.7 Å². The molecule has 1 aliphatic heterocycles. The Balaban J connectivity index is 2.19. The van der Waals surface area contributed by atoms with Gasteiger partial charge in [0.05, 0.1) is 18.8 Å². The molecule has 1 aromatic rings.